The molecule has 0 saturated carbocycles. The minimum atomic E-state index is -0.625. The Labute approximate surface area is 108 Å². The second-order valence-electron chi connectivity index (χ2n) is 4.85. The number of hydrogen-bond acceptors (Lipinski definition) is 3. The normalized spacial score (nSPS) is 21.3. The van der Waals surface area contributed by atoms with Crippen LogP contribution in [0.25, 0.3) is 0 Å². The van der Waals surface area contributed by atoms with E-state index in [-0.39, 0.29) is 0 Å². The molecule has 1 saturated heterocycles. The van der Waals surface area contributed by atoms with Crippen LogP contribution >= 0.6 is 0 Å². The second-order valence-corrected chi connectivity index (χ2v) is 6.69. The Hall–Kier alpha value is 0.0700. The Kier molecular flexibility index (Phi) is 8.06. The molecule has 0 aliphatic carbocycles. The van der Waals surface area contributed by atoms with Gasteiger partial charge in [0.2, 0.25) is 0 Å². The molecule has 1 aliphatic heterocycles. The lowest BCUT2D eigenvalue weighted by atomic mass is 10.1. The summed E-state index contributed by atoms with van der Waals surface area (Å²) in [6.45, 7) is 6.99. The van der Waals surface area contributed by atoms with Gasteiger partial charge in [0.25, 0.3) is 0 Å². The average Bonchev–Trinajstić information content (AvgIpc) is 2.36. The lowest BCUT2D eigenvalue weighted by Crippen LogP contribution is -2.27. The van der Waals surface area contributed by atoms with E-state index < -0.39 is 10.8 Å². The molecule has 1 rings (SSSR count). The van der Waals surface area contributed by atoms with Crippen molar-refractivity contribution < 1.29 is 8.95 Å². The van der Waals surface area contributed by atoms with Gasteiger partial charge in [-0.2, -0.15) is 0 Å². The minimum absolute atomic E-state index is 0.398. The largest absolute Gasteiger partial charge is 0.381 e. The first-order valence-electron chi connectivity index (χ1n) is 6.92. The summed E-state index contributed by atoms with van der Waals surface area (Å²) in [7, 11) is -0.625. The molecule has 0 amide bonds. The molecule has 0 aromatic carbocycles. The molecule has 0 bridgehead atoms. The quantitative estimate of drug-likeness (QED) is 0.680. The molecular formula is C13H27NO2S. The van der Waals surface area contributed by atoms with Gasteiger partial charge < -0.3 is 10.1 Å². The molecule has 0 aromatic heterocycles. The van der Waals surface area contributed by atoms with Gasteiger partial charge in [-0.1, -0.05) is 13.3 Å². The zero-order chi connectivity index (χ0) is 12.5. The molecule has 0 spiro atoms. The fourth-order valence-electron chi connectivity index (χ4n) is 2.25. The standard InChI is InChI=1S/C13H27NO2S/c1-3-14-12(2)6-4-5-11-17(15)13-7-9-16-10-8-13/h12-14H,3-11H2,1-2H3. The van der Waals surface area contributed by atoms with E-state index in [1.54, 1.807) is 0 Å². The Morgan fingerprint density at radius 1 is 1.35 bits per heavy atom. The van der Waals surface area contributed by atoms with E-state index in [9.17, 15) is 4.21 Å². The number of ether oxygens (including phenoxy) is 1. The van der Waals surface area contributed by atoms with Crippen molar-refractivity contribution in [1.29, 1.82) is 0 Å². The van der Waals surface area contributed by atoms with Gasteiger partial charge in [-0.15, -0.1) is 0 Å². The Balaban J connectivity index is 2.03. The summed E-state index contributed by atoms with van der Waals surface area (Å²) in [6, 6.07) is 0.594. The maximum absolute atomic E-state index is 12.0. The molecule has 1 heterocycles. The molecule has 2 atom stereocenters. The first kappa shape index (κ1) is 15.1. The maximum atomic E-state index is 12.0. The van der Waals surface area contributed by atoms with Crippen LogP contribution in [0, 0.1) is 0 Å². The summed E-state index contributed by atoms with van der Waals surface area (Å²) in [5.41, 5.74) is 0. The summed E-state index contributed by atoms with van der Waals surface area (Å²) in [6.07, 6.45) is 5.45. The van der Waals surface area contributed by atoms with Crippen LogP contribution in [0.15, 0.2) is 0 Å². The highest BCUT2D eigenvalue weighted by Gasteiger charge is 2.19. The molecule has 2 unspecified atom stereocenters. The molecule has 102 valence electrons. The third kappa shape index (κ3) is 6.53. The number of nitrogens with one attached hydrogen (secondary N) is 1. The molecule has 1 aliphatic rings. The number of unbranched alkanes of at least 4 members (excludes halogenated alkanes) is 1. The van der Waals surface area contributed by atoms with Crippen molar-refractivity contribution in [3.05, 3.63) is 0 Å². The summed E-state index contributed by atoms with van der Waals surface area (Å²) in [5, 5.41) is 3.80. The maximum Gasteiger partial charge on any atom is 0.0477 e. The predicted molar refractivity (Wildman–Crippen MR) is 73.8 cm³/mol. The van der Waals surface area contributed by atoms with E-state index in [1.807, 2.05) is 0 Å². The van der Waals surface area contributed by atoms with Gasteiger partial charge >= 0.3 is 0 Å². The van der Waals surface area contributed by atoms with Crippen molar-refractivity contribution in [3.63, 3.8) is 0 Å². The Bertz CT molecular complexity index is 217. The Morgan fingerprint density at radius 2 is 2.06 bits per heavy atom. The first-order valence-corrected chi connectivity index (χ1v) is 8.30. The number of rotatable bonds is 8. The summed E-state index contributed by atoms with van der Waals surface area (Å²) in [4.78, 5) is 0. The van der Waals surface area contributed by atoms with Crippen molar-refractivity contribution in [1.82, 2.24) is 5.32 Å². The molecule has 1 fully saturated rings. The fraction of sp³-hybridized carbons (Fsp3) is 1.00. The first-order chi connectivity index (χ1) is 8.24. The van der Waals surface area contributed by atoms with Crippen LogP contribution in [0.1, 0.15) is 46.0 Å². The van der Waals surface area contributed by atoms with Crippen LogP contribution in [0.2, 0.25) is 0 Å². The van der Waals surface area contributed by atoms with Crippen LogP contribution in [-0.4, -0.2) is 41.0 Å². The highest BCUT2D eigenvalue weighted by atomic mass is 32.2. The summed E-state index contributed by atoms with van der Waals surface area (Å²) < 4.78 is 17.3. The second kappa shape index (κ2) is 9.06. The van der Waals surface area contributed by atoms with Crippen LogP contribution < -0.4 is 5.32 Å². The van der Waals surface area contributed by atoms with Crippen molar-refractivity contribution >= 4 is 10.8 Å². The third-order valence-electron chi connectivity index (χ3n) is 3.33. The van der Waals surface area contributed by atoms with Crippen molar-refractivity contribution in [3.8, 4) is 0 Å². The molecular weight excluding hydrogens is 234 g/mol. The monoisotopic (exact) mass is 261 g/mol. The molecule has 4 heteroatoms. The smallest absolute Gasteiger partial charge is 0.0477 e. The van der Waals surface area contributed by atoms with Gasteiger partial charge in [-0.3, -0.25) is 4.21 Å². The van der Waals surface area contributed by atoms with E-state index >= 15 is 0 Å². The fourth-order valence-corrected chi connectivity index (χ4v) is 3.79. The van der Waals surface area contributed by atoms with Crippen molar-refractivity contribution in [2.75, 3.05) is 25.5 Å². The zero-order valence-corrected chi connectivity index (χ0v) is 12.1. The SMILES string of the molecule is CCNC(C)CCCCS(=O)C1CCOCC1. The van der Waals surface area contributed by atoms with E-state index in [2.05, 4.69) is 19.2 Å². The van der Waals surface area contributed by atoms with E-state index in [1.165, 1.54) is 12.8 Å². The summed E-state index contributed by atoms with van der Waals surface area (Å²) >= 11 is 0. The van der Waals surface area contributed by atoms with E-state index in [4.69, 9.17) is 4.74 Å². The summed E-state index contributed by atoms with van der Waals surface area (Å²) in [5.74, 6) is 0.878. The van der Waals surface area contributed by atoms with Gasteiger partial charge in [0, 0.05) is 41.1 Å². The number of hydrogen-bond donors (Lipinski definition) is 1. The van der Waals surface area contributed by atoms with Gasteiger partial charge in [0.15, 0.2) is 0 Å². The highest BCUT2D eigenvalue weighted by molar-refractivity contribution is 7.85. The molecule has 3 nitrogen and oxygen atoms in total. The van der Waals surface area contributed by atoms with Gasteiger partial charge in [-0.05, 0) is 39.2 Å². The van der Waals surface area contributed by atoms with Gasteiger partial charge in [0.1, 0.15) is 0 Å². The van der Waals surface area contributed by atoms with Crippen molar-refractivity contribution in [2.45, 2.75) is 57.2 Å². The van der Waals surface area contributed by atoms with Gasteiger partial charge in [-0.25, -0.2) is 0 Å². The van der Waals surface area contributed by atoms with Gasteiger partial charge in [0.05, 0.1) is 0 Å². The lowest BCUT2D eigenvalue weighted by Gasteiger charge is -2.21. The minimum Gasteiger partial charge on any atom is -0.381 e. The topological polar surface area (TPSA) is 38.3 Å². The van der Waals surface area contributed by atoms with E-state index in [0.717, 1.165) is 44.8 Å². The third-order valence-corrected chi connectivity index (χ3v) is 5.23. The predicted octanol–water partition coefficient (Wildman–Crippen LogP) is 2.08. The molecule has 1 N–H and O–H groups in total. The Morgan fingerprint density at radius 3 is 2.71 bits per heavy atom. The van der Waals surface area contributed by atoms with Crippen LogP contribution in [0.4, 0.5) is 0 Å². The molecule has 0 aromatic rings. The zero-order valence-electron chi connectivity index (χ0n) is 11.2. The lowest BCUT2D eigenvalue weighted by molar-refractivity contribution is 0.0992. The highest BCUT2D eigenvalue weighted by Crippen LogP contribution is 2.14. The van der Waals surface area contributed by atoms with Crippen molar-refractivity contribution in [2.24, 2.45) is 0 Å². The molecule has 17 heavy (non-hydrogen) atoms. The van der Waals surface area contributed by atoms with Crippen LogP contribution in [0.5, 0.6) is 0 Å². The van der Waals surface area contributed by atoms with Crippen LogP contribution in [-0.2, 0) is 15.5 Å². The van der Waals surface area contributed by atoms with Crippen LogP contribution in [0.3, 0.4) is 0 Å². The average molecular weight is 261 g/mol. The molecule has 0 radical (unpaired) electrons. The van der Waals surface area contributed by atoms with E-state index in [0.29, 0.717) is 11.3 Å².